The molecule has 0 spiro atoms. The van der Waals surface area contributed by atoms with E-state index in [4.69, 9.17) is 4.74 Å². The molecule has 0 rings (SSSR count). The number of halogens is 4. The quantitative estimate of drug-likeness (QED) is 0.539. The van der Waals surface area contributed by atoms with Crippen molar-refractivity contribution in [1.29, 1.82) is 0 Å². The fraction of sp³-hybridized carbons (Fsp3) is 0.875. The maximum Gasteiger partial charge on any atom is 0.411 e. The molecule has 0 aromatic carbocycles. The largest absolute Gasteiger partial charge is 0.411 e. The van der Waals surface area contributed by atoms with Gasteiger partial charge in [0.15, 0.2) is 0 Å². The highest BCUT2D eigenvalue weighted by Gasteiger charge is 2.27. The van der Waals surface area contributed by atoms with Gasteiger partial charge in [-0.15, -0.1) is 0 Å². The molecule has 0 heterocycles. The molecule has 0 radical (unpaired) electrons. The van der Waals surface area contributed by atoms with E-state index in [-0.39, 0.29) is 6.54 Å². The van der Waals surface area contributed by atoms with Gasteiger partial charge in [0.2, 0.25) is 5.91 Å². The summed E-state index contributed by atoms with van der Waals surface area (Å²) >= 11 is 3.14. The van der Waals surface area contributed by atoms with Gasteiger partial charge in [0.1, 0.15) is 13.2 Å². The number of ether oxygens (including phenoxy) is 2. The summed E-state index contributed by atoms with van der Waals surface area (Å²) in [6.45, 7) is -0.934. The van der Waals surface area contributed by atoms with Crippen molar-refractivity contribution in [2.24, 2.45) is 0 Å². The van der Waals surface area contributed by atoms with E-state index in [1.165, 1.54) is 0 Å². The molecule has 0 aliphatic heterocycles. The standard InChI is InChI=1S/C8H13BrF3NO3/c9-1-3-15-4-2-13-7(14)5-16-6-8(10,11)12/h1-6H2,(H,13,14). The lowest BCUT2D eigenvalue weighted by Gasteiger charge is -2.08. The predicted molar refractivity (Wildman–Crippen MR) is 54.5 cm³/mol. The van der Waals surface area contributed by atoms with Crippen molar-refractivity contribution < 1.29 is 27.4 Å². The number of carbonyl (C=O) groups is 1. The molecule has 0 unspecified atom stereocenters. The Morgan fingerprint density at radius 3 is 2.50 bits per heavy atom. The highest BCUT2D eigenvalue weighted by Crippen LogP contribution is 2.13. The topological polar surface area (TPSA) is 47.6 Å². The first kappa shape index (κ1) is 15.7. The molecule has 4 nitrogen and oxygen atoms in total. The smallest absolute Gasteiger partial charge is 0.379 e. The van der Waals surface area contributed by atoms with E-state index < -0.39 is 25.3 Å². The van der Waals surface area contributed by atoms with Crippen LogP contribution in [0.4, 0.5) is 13.2 Å². The summed E-state index contributed by atoms with van der Waals surface area (Å²) in [6, 6.07) is 0. The highest BCUT2D eigenvalue weighted by atomic mass is 79.9. The molecule has 8 heteroatoms. The number of carbonyl (C=O) groups excluding carboxylic acids is 1. The third-order valence-electron chi connectivity index (χ3n) is 1.29. The third-order valence-corrected chi connectivity index (χ3v) is 1.61. The fourth-order valence-corrected chi connectivity index (χ4v) is 0.959. The van der Waals surface area contributed by atoms with Crippen LogP contribution in [0.25, 0.3) is 0 Å². The molecule has 0 aliphatic rings. The van der Waals surface area contributed by atoms with Gasteiger partial charge in [-0.2, -0.15) is 13.2 Å². The van der Waals surface area contributed by atoms with Crippen LogP contribution < -0.4 is 5.32 Å². The lowest BCUT2D eigenvalue weighted by atomic mass is 10.6. The van der Waals surface area contributed by atoms with Crippen LogP contribution in [0.2, 0.25) is 0 Å². The minimum atomic E-state index is -4.40. The van der Waals surface area contributed by atoms with Crippen molar-refractivity contribution in [3.63, 3.8) is 0 Å². The van der Waals surface area contributed by atoms with Gasteiger partial charge in [-0.1, -0.05) is 15.9 Å². The van der Waals surface area contributed by atoms with Crippen LogP contribution in [0, 0.1) is 0 Å². The Labute approximate surface area is 99.6 Å². The van der Waals surface area contributed by atoms with Crippen LogP contribution in [0.1, 0.15) is 0 Å². The second-order valence-electron chi connectivity index (χ2n) is 2.76. The van der Waals surface area contributed by atoms with E-state index >= 15 is 0 Å². The van der Waals surface area contributed by atoms with E-state index in [1.807, 2.05) is 0 Å². The van der Waals surface area contributed by atoms with E-state index in [0.717, 1.165) is 0 Å². The van der Waals surface area contributed by atoms with Gasteiger partial charge < -0.3 is 14.8 Å². The number of nitrogens with one attached hydrogen (secondary N) is 1. The fourth-order valence-electron chi connectivity index (χ4n) is 0.730. The van der Waals surface area contributed by atoms with Crippen molar-refractivity contribution in [1.82, 2.24) is 5.32 Å². The average Bonchev–Trinajstić information content (AvgIpc) is 2.15. The molecule has 0 bridgehead atoms. The van der Waals surface area contributed by atoms with Gasteiger partial charge in [0, 0.05) is 11.9 Å². The predicted octanol–water partition coefficient (Wildman–Crippen LogP) is 1.09. The van der Waals surface area contributed by atoms with Crippen molar-refractivity contribution >= 4 is 21.8 Å². The first-order valence-corrected chi connectivity index (χ1v) is 5.63. The zero-order valence-electron chi connectivity index (χ0n) is 8.48. The molecule has 0 aromatic rings. The second kappa shape index (κ2) is 8.77. The summed E-state index contributed by atoms with van der Waals surface area (Å²) in [5.41, 5.74) is 0. The first-order chi connectivity index (χ1) is 7.45. The SMILES string of the molecule is O=C(COCC(F)(F)F)NCCOCCBr. The molecular weight excluding hydrogens is 295 g/mol. The van der Waals surface area contributed by atoms with Crippen molar-refractivity contribution in [3.8, 4) is 0 Å². The minimum absolute atomic E-state index is 0.251. The maximum atomic E-state index is 11.6. The van der Waals surface area contributed by atoms with Crippen LogP contribution in [0.15, 0.2) is 0 Å². The Morgan fingerprint density at radius 2 is 1.94 bits per heavy atom. The summed E-state index contributed by atoms with van der Waals surface area (Å²) in [4.78, 5) is 10.9. The Hall–Kier alpha value is -0.340. The number of hydrogen-bond donors (Lipinski definition) is 1. The molecular formula is C8H13BrF3NO3. The summed E-state index contributed by atoms with van der Waals surface area (Å²) in [6.07, 6.45) is -4.40. The van der Waals surface area contributed by atoms with Gasteiger partial charge in [0.25, 0.3) is 0 Å². The summed E-state index contributed by atoms with van der Waals surface area (Å²) in [5.74, 6) is -0.591. The number of hydrogen-bond acceptors (Lipinski definition) is 3. The van der Waals surface area contributed by atoms with Crippen molar-refractivity contribution in [2.45, 2.75) is 6.18 Å². The lowest BCUT2D eigenvalue weighted by molar-refractivity contribution is -0.175. The van der Waals surface area contributed by atoms with Crippen LogP contribution in [-0.2, 0) is 14.3 Å². The van der Waals surface area contributed by atoms with Gasteiger partial charge in [-0.05, 0) is 0 Å². The molecule has 1 amide bonds. The second-order valence-corrected chi connectivity index (χ2v) is 3.55. The summed E-state index contributed by atoms with van der Waals surface area (Å²) in [5, 5.41) is 3.05. The summed E-state index contributed by atoms with van der Waals surface area (Å²) in [7, 11) is 0. The maximum absolute atomic E-state index is 11.6. The summed E-state index contributed by atoms with van der Waals surface area (Å²) < 4.78 is 44.0. The zero-order valence-corrected chi connectivity index (χ0v) is 10.1. The molecule has 1 N–H and O–H groups in total. The molecule has 96 valence electrons. The van der Waals surface area contributed by atoms with Crippen LogP contribution in [0.5, 0.6) is 0 Å². The number of amides is 1. The van der Waals surface area contributed by atoms with Crippen LogP contribution >= 0.6 is 15.9 Å². The van der Waals surface area contributed by atoms with Gasteiger partial charge >= 0.3 is 6.18 Å². The molecule has 0 fully saturated rings. The minimum Gasteiger partial charge on any atom is -0.379 e. The monoisotopic (exact) mass is 307 g/mol. The van der Waals surface area contributed by atoms with E-state index in [9.17, 15) is 18.0 Å². The third kappa shape index (κ3) is 11.7. The Balaban J connectivity index is 3.32. The lowest BCUT2D eigenvalue weighted by Crippen LogP contribution is -2.32. The van der Waals surface area contributed by atoms with E-state index in [1.54, 1.807) is 0 Å². The average molecular weight is 308 g/mol. The number of rotatable bonds is 8. The van der Waals surface area contributed by atoms with Gasteiger partial charge in [-0.25, -0.2) is 0 Å². The van der Waals surface area contributed by atoms with Gasteiger partial charge in [-0.3, -0.25) is 4.79 Å². The first-order valence-electron chi connectivity index (χ1n) is 4.50. The molecule has 0 atom stereocenters. The Bertz CT molecular complexity index is 201. The van der Waals surface area contributed by atoms with Crippen molar-refractivity contribution in [2.75, 3.05) is 38.3 Å². The van der Waals surface area contributed by atoms with Crippen LogP contribution in [-0.4, -0.2) is 50.4 Å². The Kier molecular flexibility index (Phi) is 8.58. The molecule has 16 heavy (non-hydrogen) atoms. The van der Waals surface area contributed by atoms with Crippen molar-refractivity contribution in [3.05, 3.63) is 0 Å². The van der Waals surface area contributed by atoms with E-state index in [2.05, 4.69) is 26.0 Å². The molecule has 0 aliphatic carbocycles. The Morgan fingerprint density at radius 1 is 1.25 bits per heavy atom. The molecule has 0 saturated heterocycles. The highest BCUT2D eigenvalue weighted by molar-refractivity contribution is 9.09. The normalized spacial score (nSPS) is 11.5. The molecule has 0 saturated carbocycles. The molecule has 0 aromatic heterocycles. The van der Waals surface area contributed by atoms with Gasteiger partial charge in [0.05, 0.1) is 13.2 Å². The van der Waals surface area contributed by atoms with Crippen LogP contribution in [0.3, 0.4) is 0 Å². The zero-order chi connectivity index (χ0) is 12.4. The van der Waals surface area contributed by atoms with E-state index in [0.29, 0.717) is 18.5 Å². The number of alkyl halides is 4.